The topological polar surface area (TPSA) is 37.8 Å². The molecule has 0 unspecified atom stereocenters. The van der Waals surface area contributed by atoms with Gasteiger partial charge in [0.25, 0.3) is 0 Å². The molecule has 1 N–H and O–H groups in total. The molecule has 0 aliphatic carbocycles. The summed E-state index contributed by atoms with van der Waals surface area (Å²) in [7, 11) is 0. The van der Waals surface area contributed by atoms with E-state index in [1.165, 1.54) is 5.56 Å². The lowest BCUT2D eigenvalue weighted by atomic mass is 10.1. The van der Waals surface area contributed by atoms with E-state index < -0.39 is 0 Å². The van der Waals surface area contributed by atoms with E-state index in [1.54, 1.807) is 0 Å². The molecule has 0 amide bonds. The van der Waals surface area contributed by atoms with E-state index in [9.17, 15) is 0 Å². The Kier molecular flexibility index (Phi) is 4.15. The number of benzene rings is 1. The van der Waals surface area contributed by atoms with Crippen LogP contribution in [0.4, 0.5) is 5.82 Å². The number of anilines is 1. The fourth-order valence-corrected chi connectivity index (χ4v) is 1.97. The van der Waals surface area contributed by atoms with Crippen LogP contribution in [0.3, 0.4) is 0 Å². The standard InChI is InChI=1S/C16H21N3/c1-11(2)16-17-12(3)10-15(19-16)18-13(4)14-8-6-5-7-9-14/h5-11,13H,1-4H3,(H,17,18,19)/t13-/m1/s1. The van der Waals surface area contributed by atoms with Crippen LogP contribution in [0.5, 0.6) is 0 Å². The zero-order chi connectivity index (χ0) is 13.8. The molecule has 0 fully saturated rings. The van der Waals surface area contributed by atoms with Crippen LogP contribution in [-0.4, -0.2) is 9.97 Å². The van der Waals surface area contributed by atoms with E-state index in [-0.39, 0.29) is 6.04 Å². The van der Waals surface area contributed by atoms with Gasteiger partial charge in [0.1, 0.15) is 11.6 Å². The van der Waals surface area contributed by atoms with Gasteiger partial charge in [-0.1, -0.05) is 44.2 Å². The minimum atomic E-state index is 0.232. The lowest BCUT2D eigenvalue weighted by Crippen LogP contribution is -2.10. The summed E-state index contributed by atoms with van der Waals surface area (Å²) >= 11 is 0. The number of aromatic nitrogens is 2. The summed E-state index contributed by atoms with van der Waals surface area (Å²) < 4.78 is 0. The highest BCUT2D eigenvalue weighted by Crippen LogP contribution is 2.19. The molecule has 100 valence electrons. The first-order valence-corrected chi connectivity index (χ1v) is 6.73. The zero-order valence-corrected chi connectivity index (χ0v) is 12.0. The van der Waals surface area contributed by atoms with Crippen molar-refractivity contribution in [3.8, 4) is 0 Å². The first-order chi connectivity index (χ1) is 9.06. The van der Waals surface area contributed by atoms with E-state index in [4.69, 9.17) is 0 Å². The fourth-order valence-electron chi connectivity index (χ4n) is 1.97. The predicted molar refractivity (Wildman–Crippen MR) is 79.3 cm³/mol. The van der Waals surface area contributed by atoms with Gasteiger partial charge in [-0.25, -0.2) is 9.97 Å². The summed E-state index contributed by atoms with van der Waals surface area (Å²) in [5, 5.41) is 3.44. The van der Waals surface area contributed by atoms with E-state index in [0.29, 0.717) is 5.92 Å². The fraction of sp³-hybridized carbons (Fsp3) is 0.375. The first-order valence-electron chi connectivity index (χ1n) is 6.73. The molecule has 3 heteroatoms. The maximum atomic E-state index is 4.58. The Labute approximate surface area is 115 Å². The summed E-state index contributed by atoms with van der Waals surface area (Å²) in [5.74, 6) is 2.13. The molecule has 0 aliphatic rings. The van der Waals surface area contributed by atoms with E-state index >= 15 is 0 Å². The Hall–Kier alpha value is -1.90. The summed E-state index contributed by atoms with van der Waals surface area (Å²) in [6.45, 7) is 8.37. The van der Waals surface area contributed by atoms with Crippen molar-refractivity contribution in [2.75, 3.05) is 5.32 Å². The van der Waals surface area contributed by atoms with Gasteiger partial charge in [0.15, 0.2) is 0 Å². The maximum Gasteiger partial charge on any atom is 0.133 e. The van der Waals surface area contributed by atoms with Crippen molar-refractivity contribution >= 4 is 5.82 Å². The molecule has 1 aromatic carbocycles. The van der Waals surface area contributed by atoms with Gasteiger partial charge in [0.2, 0.25) is 0 Å². The van der Waals surface area contributed by atoms with Crippen molar-refractivity contribution in [3.05, 3.63) is 53.5 Å². The molecule has 19 heavy (non-hydrogen) atoms. The van der Waals surface area contributed by atoms with Gasteiger partial charge in [-0.05, 0) is 19.4 Å². The van der Waals surface area contributed by atoms with Crippen LogP contribution in [0, 0.1) is 6.92 Å². The van der Waals surface area contributed by atoms with Crippen molar-refractivity contribution in [2.24, 2.45) is 0 Å². The van der Waals surface area contributed by atoms with Crippen LogP contribution in [-0.2, 0) is 0 Å². The van der Waals surface area contributed by atoms with Gasteiger partial charge in [-0.15, -0.1) is 0 Å². The zero-order valence-electron chi connectivity index (χ0n) is 12.0. The molecule has 1 atom stereocenters. The number of aryl methyl sites for hydroxylation is 1. The Balaban J connectivity index is 2.19. The van der Waals surface area contributed by atoms with E-state index in [2.05, 4.69) is 60.3 Å². The molecular formula is C16H21N3. The second-order valence-electron chi connectivity index (χ2n) is 5.18. The average Bonchev–Trinajstić information content (AvgIpc) is 2.39. The largest absolute Gasteiger partial charge is 0.363 e. The van der Waals surface area contributed by atoms with Crippen molar-refractivity contribution in [3.63, 3.8) is 0 Å². The third-order valence-corrected chi connectivity index (χ3v) is 3.05. The van der Waals surface area contributed by atoms with Gasteiger partial charge < -0.3 is 5.32 Å². The summed E-state index contributed by atoms with van der Waals surface area (Å²) in [6.07, 6.45) is 0. The highest BCUT2D eigenvalue weighted by Gasteiger charge is 2.09. The molecule has 3 nitrogen and oxygen atoms in total. The SMILES string of the molecule is Cc1cc(N[C@H](C)c2ccccc2)nc(C(C)C)n1. The molecule has 2 aromatic rings. The molecule has 1 heterocycles. The Morgan fingerprint density at radius 1 is 1.00 bits per heavy atom. The molecule has 1 aromatic heterocycles. The third kappa shape index (κ3) is 3.53. The Morgan fingerprint density at radius 2 is 1.68 bits per heavy atom. The minimum Gasteiger partial charge on any atom is -0.363 e. The van der Waals surface area contributed by atoms with Crippen LogP contribution in [0.2, 0.25) is 0 Å². The predicted octanol–water partition coefficient (Wildman–Crippen LogP) is 4.08. The molecule has 0 aliphatic heterocycles. The van der Waals surface area contributed by atoms with Crippen LogP contribution < -0.4 is 5.32 Å². The highest BCUT2D eigenvalue weighted by atomic mass is 15.0. The van der Waals surface area contributed by atoms with Crippen LogP contribution in [0.1, 0.15) is 49.8 Å². The van der Waals surface area contributed by atoms with Gasteiger partial charge in [-0.3, -0.25) is 0 Å². The monoisotopic (exact) mass is 255 g/mol. The quantitative estimate of drug-likeness (QED) is 0.894. The maximum absolute atomic E-state index is 4.58. The average molecular weight is 255 g/mol. The Bertz CT molecular complexity index is 535. The van der Waals surface area contributed by atoms with Crippen LogP contribution in [0.15, 0.2) is 36.4 Å². The molecule has 0 saturated carbocycles. The minimum absolute atomic E-state index is 0.232. The number of hydrogen-bond acceptors (Lipinski definition) is 3. The van der Waals surface area contributed by atoms with Crippen molar-refractivity contribution < 1.29 is 0 Å². The van der Waals surface area contributed by atoms with Gasteiger partial charge in [0.05, 0.1) is 0 Å². The summed E-state index contributed by atoms with van der Waals surface area (Å²) in [4.78, 5) is 9.04. The van der Waals surface area contributed by atoms with Crippen LogP contribution >= 0.6 is 0 Å². The smallest absolute Gasteiger partial charge is 0.133 e. The number of nitrogens with zero attached hydrogens (tertiary/aromatic N) is 2. The number of nitrogens with one attached hydrogen (secondary N) is 1. The lowest BCUT2D eigenvalue weighted by molar-refractivity contribution is 0.761. The van der Waals surface area contributed by atoms with Crippen molar-refractivity contribution in [2.45, 2.75) is 39.7 Å². The molecular weight excluding hydrogens is 234 g/mol. The molecule has 0 bridgehead atoms. The molecule has 0 spiro atoms. The highest BCUT2D eigenvalue weighted by molar-refractivity contribution is 5.39. The van der Waals surface area contributed by atoms with Gasteiger partial charge in [-0.2, -0.15) is 0 Å². The molecule has 0 saturated heterocycles. The first kappa shape index (κ1) is 13.5. The van der Waals surface area contributed by atoms with E-state index in [1.807, 2.05) is 19.1 Å². The summed E-state index contributed by atoms with van der Waals surface area (Å²) in [5.41, 5.74) is 2.26. The normalized spacial score (nSPS) is 12.5. The van der Waals surface area contributed by atoms with Crippen molar-refractivity contribution in [1.29, 1.82) is 0 Å². The Morgan fingerprint density at radius 3 is 2.32 bits per heavy atom. The van der Waals surface area contributed by atoms with Gasteiger partial charge >= 0.3 is 0 Å². The second-order valence-corrected chi connectivity index (χ2v) is 5.18. The van der Waals surface area contributed by atoms with Crippen molar-refractivity contribution in [1.82, 2.24) is 9.97 Å². The van der Waals surface area contributed by atoms with Gasteiger partial charge in [0, 0.05) is 23.7 Å². The second kappa shape index (κ2) is 5.83. The lowest BCUT2D eigenvalue weighted by Gasteiger charge is -2.16. The molecule has 2 rings (SSSR count). The van der Waals surface area contributed by atoms with Crippen LogP contribution in [0.25, 0.3) is 0 Å². The number of rotatable bonds is 4. The summed E-state index contributed by atoms with van der Waals surface area (Å²) in [6, 6.07) is 12.6. The number of hydrogen-bond donors (Lipinski definition) is 1. The third-order valence-electron chi connectivity index (χ3n) is 3.05. The van der Waals surface area contributed by atoms with E-state index in [0.717, 1.165) is 17.3 Å². The molecule has 0 radical (unpaired) electrons.